The molecule has 1 saturated heterocycles. The van der Waals surface area contributed by atoms with E-state index in [9.17, 15) is 0 Å². The van der Waals surface area contributed by atoms with Crippen molar-refractivity contribution in [3.8, 4) is 0 Å². The van der Waals surface area contributed by atoms with E-state index in [2.05, 4.69) is 28.8 Å². The van der Waals surface area contributed by atoms with Crippen molar-refractivity contribution in [3.05, 3.63) is 41.1 Å². The van der Waals surface area contributed by atoms with E-state index in [0.717, 1.165) is 36.8 Å². The molecule has 1 aliphatic heterocycles. The Bertz CT molecular complexity index is 678. The van der Waals surface area contributed by atoms with Crippen molar-refractivity contribution in [2.24, 2.45) is 5.92 Å². The molecule has 1 spiro atoms. The molecule has 3 aliphatic rings. The minimum Gasteiger partial charge on any atom is -0.393 e. The highest BCUT2D eigenvalue weighted by molar-refractivity contribution is 6.08. The molecule has 1 aromatic carbocycles. The van der Waals surface area contributed by atoms with Crippen molar-refractivity contribution in [1.29, 1.82) is 5.41 Å². The van der Waals surface area contributed by atoms with Gasteiger partial charge in [-0.2, -0.15) is 0 Å². The van der Waals surface area contributed by atoms with Crippen molar-refractivity contribution in [2.45, 2.75) is 43.6 Å². The first-order valence-electron chi connectivity index (χ1n) is 9.59. The van der Waals surface area contributed by atoms with Gasteiger partial charge in [0.1, 0.15) is 0 Å². The summed E-state index contributed by atoms with van der Waals surface area (Å²) in [4.78, 5) is 0. The Morgan fingerprint density at radius 1 is 1.36 bits per heavy atom. The van der Waals surface area contributed by atoms with E-state index in [1.54, 1.807) is 0 Å². The summed E-state index contributed by atoms with van der Waals surface area (Å²) in [5.41, 5.74) is 5.48. The molecule has 2 fully saturated rings. The van der Waals surface area contributed by atoms with E-state index in [4.69, 9.17) is 10.1 Å². The molecule has 1 heterocycles. The van der Waals surface area contributed by atoms with Gasteiger partial charge < -0.3 is 20.8 Å². The zero-order valence-corrected chi connectivity index (χ0v) is 15.1. The van der Waals surface area contributed by atoms with Crippen molar-refractivity contribution < 1.29 is 4.74 Å². The zero-order valence-electron chi connectivity index (χ0n) is 15.1. The lowest BCUT2D eigenvalue weighted by Gasteiger charge is -2.23. The maximum absolute atomic E-state index is 7.68. The van der Waals surface area contributed by atoms with Gasteiger partial charge in [-0.05, 0) is 61.3 Å². The summed E-state index contributed by atoms with van der Waals surface area (Å²) in [5, 5.41) is 14.6. The molecule has 134 valence electrons. The summed E-state index contributed by atoms with van der Waals surface area (Å²) < 4.78 is 5.47. The van der Waals surface area contributed by atoms with E-state index in [1.165, 1.54) is 49.4 Å². The van der Waals surface area contributed by atoms with Crippen LogP contribution in [0.1, 0.15) is 42.4 Å². The summed E-state index contributed by atoms with van der Waals surface area (Å²) in [5.74, 6) is 0.779. The van der Waals surface area contributed by atoms with Gasteiger partial charge in [0.2, 0.25) is 0 Å². The van der Waals surface area contributed by atoms with Crippen LogP contribution in [0.4, 0.5) is 0 Å². The minimum atomic E-state index is 0.350. The predicted molar refractivity (Wildman–Crippen MR) is 102 cm³/mol. The molecule has 4 rings (SSSR count). The summed E-state index contributed by atoms with van der Waals surface area (Å²) in [6.45, 7) is 2.99. The van der Waals surface area contributed by atoms with Crippen LogP contribution in [0.3, 0.4) is 0 Å². The number of allylic oxidation sites excluding steroid dienone is 1. The topological polar surface area (TPSA) is 57.1 Å². The van der Waals surface area contributed by atoms with Gasteiger partial charge in [-0.15, -0.1) is 0 Å². The highest BCUT2D eigenvalue weighted by Gasteiger charge is 2.57. The van der Waals surface area contributed by atoms with E-state index < -0.39 is 0 Å². The lowest BCUT2D eigenvalue weighted by Crippen LogP contribution is -2.32. The molecule has 0 radical (unpaired) electrons. The Morgan fingerprint density at radius 2 is 2.20 bits per heavy atom. The fraction of sp³-hybridized carbons (Fsp3) is 0.571. The number of ether oxygens (including phenoxy) is 1. The monoisotopic (exact) mass is 339 g/mol. The van der Waals surface area contributed by atoms with E-state index in [1.807, 2.05) is 13.2 Å². The van der Waals surface area contributed by atoms with Gasteiger partial charge in [0, 0.05) is 49.7 Å². The van der Waals surface area contributed by atoms with E-state index in [0.29, 0.717) is 11.5 Å². The van der Waals surface area contributed by atoms with Crippen LogP contribution in [-0.4, -0.2) is 39.1 Å². The number of rotatable bonds is 6. The molecule has 0 bridgehead atoms. The third-order valence-corrected chi connectivity index (χ3v) is 6.34. The van der Waals surface area contributed by atoms with Crippen LogP contribution in [-0.2, 0) is 16.6 Å². The largest absolute Gasteiger partial charge is 0.393 e. The molecular formula is C21H29N3O. The molecule has 4 nitrogen and oxygen atoms in total. The molecule has 0 aromatic heterocycles. The molecule has 2 atom stereocenters. The van der Waals surface area contributed by atoms with Crippen molar-refractivity contribution in [3.63, 3.8) is 0 Å². The van der Waals surface area contributed by atoms with Crippen LogP contribution in [0.15, 0.2) is 24.4 Å². The van der Waals surface area contributed by atoms with Crippen LogP contribution in [0, 0.1) is 11.3 Å². The highest BCUT2D eigenvalue weighted by Crippen LogP contribution is 2.57. The number of benzene rings is 1. The Labute approximate surface area is 150 Å². The quantitative estimate of drug-likeness (QED) is 0.699. The summed E-state index contributed by atoms with van der Waals surface area (Å²) in [7, 11) is 1.88. The smallest absolute Gasteiger partial charge is 0.0469 e. The van der Waals surface area contributed by atoms with Gasteiger partial charge in [-0.3, -0.25) is 0 Å². The fourth-order valence-electron chi connectivity index (χ4n) is 4.70. The molecule has 3 N–H and O–H groups in total. The van der Waals surface area contributed by atoms with Crippen molar-refractivity contribution in [2.75, 3.05) is 26.8 Å². The first kappa shape index (κ1) is 16.8. The number of nitrogens with one attached hydrogen (secondary N) is 3. The van der Waals surface area contributed by atoms with Crippen molar-refractivity contribution in [1.82, 2.24) is 10.6 Å². The number of fused-ring (bicyclic) bond motifs is 2. The second-order valence-corrected chi connectivity index (χ2v) is 7.78. The van der Waals surface area contributed by atoms with Crippen LogP contribution >= 0.6 is 0 Å². The molecule has 0 amide bonds. The van der Waals surface area contributed by atoms with Crippen LogP contribution in [0.25, 0.3) is 5.57 Å². The lowest BCUT2D eigenvalue weighted by molar-refractivity contribution is 0.0660. The summed E-state index contributed by atoms with van der Waals surface area (Å²) in [6, 6.07) is 7.41. The maximum Gasteiger partial charge on any atom is 0.0469 e. The summed E-state index contributed by atoms with van der Waals surface area (Å²) >= 11 is 0. The maximum atomic E-state index is 7.68. The molecule has 1 aromatic rings. The average molecular weight is 339 g/mol. The Balaban J connectivity index is 1.48. The van der Waals surface area contributed by atoms with Crippen LogP contribution in [0.5, 0.6) is 0 Å². The van der Waals surface area contributed by atoms with Gasteiger partial charge in [-0.1, -0.05) is 18.2 Å². The first-order valence-corrected chi connectivity index (χ1v) is 9.59. The third-order valence-electron chi connectivity index (χ3n) is 6.34. The van der Waals surface area contributed by atoms with Gasteiger partial charge in [0.15, 0.2) is 0 Å². The second kappa shape index (κ2) is 6.93. The summed E-state index contributed by atoms with van der Waals surface area (Å²) in [6.07, 6.45) is 9.48. The highest BCUT2D eigenvalue weighted by atomic mass is 16.5. The standard InChI is InChI=1S/C21H29N3O/c1-23-14-18(12-22)17-3-2-16-4-7-21(19(16)10-17)11-20(21)24-13-15-5-8-25-9-6-15/h2-3,10,12,14-15,20,22-24H,4-9,11,13H2,1H3/b18-14+,22-12?. The van der Waals surface area contributed by atoms with Crippen LogP contribution < -0.4 is 10.6 Å². The zero-order chi connectivity index (χ0) is 17.3. The minimum absolute atomic E-state index is 0.350. The first-order chi connectivity index (χ1) is 12.3. The van der Waals surface area contributed by atoms with E-state index in [-0.39, 0.29) is 0 Å². The van der Waals surface area contributed by atoms with Gasteiger partial charge in [0.05, 0.1) is 0 Å². The fourth-order valence-corrected chi connectivity index (χ4v) is 4.70. The third kappa shape index (κ3) is 3.13. The molecule has 4 heteroatoms. The van der Waals surface area contributed by atoms with Crippen molar-refractivity contribution >= 4 is 11.8 Å². The number of hydrogen-bond acceptors (Lipinski definition) is 4. The molecule has 1 saturated carbocycles. The Hall–Kier alpha value is -1.65. The van der Waals surface area contributed by atoms with E-state index >= 15 is 0 Å². The van der Waals surface area contributed by atoms with Gasteiger partial charge in [-0.25, -0.2) is 0 Å². The van der Waals surface area contributed by atoms with Gasteiger partial charge in [0.25, 0.3) is 0 Å². The number of aryl methyl sites for hydroxylation is 1. The Kier molecular flexibility index (Phi) is 4.65. The molecule has 2 aliphatic carbocycles. The normalized spacial score (nSPS) is 28.8. The second-order valence-electron chi connectivity index (χ2n) is 7.78. The van der Waals surface area contributed by atoms with Crippen LogP contribution in [0.2, 0.25) is 0 Å². The van der Waals surface area contributed by atoms with Gasteiger partial charge >= 0.3 is 0 Å². The average Bonchev–Trinajstić information content (AvgIpc) is 3.25. The SMILES string of the molecule is CN/C=C(\C=N)c1ccc2c(c1)C1(CC2)CC1NCC1CCOCC1. The Morgan fingerprint density at radius 3 is 2.96 bits per heavy atom. The molecule has 25 heavy (non-hydrogen) atoms. The molecule has 2 unspecified atom stereocenters. The lowest BCUT2D eigenvalue weighted by atomic mass is 9.93. The number of hydrogen-bond donors (Lipinski definition) is 3. The predicted octanol–water partition coefficient (Wildman–Crippen LogP) is 2.87. The molecular weight excluding hydrogens is 310 g/mol.